The molecule has 0 bridgehead atoms. The minimum absolute atomic E-state index is 0.0716. The maximum atomic E-state index is 11.7. The summed E-state index contributed by atoms with van der Waals surface area (Å²) < 4.78 is 1.80. The van der Waals surface area contributed by atoms with Gasteiger partial charge in [-0.05, 0) is 19.1 Å². The summed E-state index contributed by atoms with van der Waals surface area (Å²) in [6.07, 6.45) is 5.00. The number of hydrogen-bond donors (Lipinski definition) is 2. The number of nitrogens with one attached hydrogen (secondary N) is 1. The number of nitrogen functional groups attached to an aromatic ring is 1. The van der Waals surface area contributed by atoms with E-state index in [4.69, 9.17) is 5.73 Å². The van der Waals surface area contributed by atoms with Gasteiger partial charge in [-0.2, -0.15) is 0 Å². The zero-order chi connectivity index (χ0) is 13.1. The third-order valence-corrected chi connectivity index (χ3v) is 2.79. The molecule has 0 spiro atoms. The van der Waals surface area contributed by atoms with E-state index in [2.05, 4.69) is 15.3 Å². The normalized spacial score (nSPS) is 12.1. The number of carbonyl (C=O) groups excluding carboxylic acids is 1. The molecule has 0 saturated heterocycles. The van der Waals surface area contributed by atoms with Crippen molar-refractivity contribution in [2.24, 2.45) is 0 Å². The van der Waals surface area contributed by atoms with Gasteiger partial charge in [-0.3, -0.25) is 4.79 Å². The Bertz CT molecular complexity index is 546. The molecule has 0 fully saturated rings. The first-order chi connectivity index (χ1) is 8.63. The van der Waals surface area contributed by atoms with E-state index >= 15 is 0 Å². The molecule has 2 heterocycles. The smallest absolute Gasteiger partial charge is 0.242 e. The number of pyridine rings is 1. The van der Waals surface area contributed by atoms with Crippen molar-refractivity contribution in [2.45, 2.75) is 13.0 Å². The third-order valence-electron chi connectivity index (χ3n) is 2.79. The van der Waals surface area contributed by atoms with Crippen LogP contribution in [0.25, 0.3) is 11.3 Å². The number of rotatable bonds is 3. The Kier molecular flexibility index (Phi) is 3.27. The first-order valence-electron chi connectivity index (χ1n) is 5.59. The molecule has 0 aromatic carbocycles. The molecule has 0 saturated carbocycles. The number of aromatic nitrogens is 3. The number of nitrogens with zero attached hydrogens (tertiary/aromatic N) is 3. The molecule has 0 aliphatic heterocycles. The van der Waals surface area contributed by atoms with Crippen LogP contribution in [-0.2, 0) is 4.79 Å². The zero-order valence-corrected chi connectivity index (χ0v) is 10.3. The van der Waals surface area contributed by atoms with Crippen molar-refractivity contribution in [3.8, 4) is 11.3 Å². The predicted molar refractivity (Wildman–Crippen MR) is 68.6 cm³/mol. The van der Waals surface area contributed by atoms with Crippen molar-refractivity contribution in [1.82, 2.24) is 19.9 Å². The summed E-state index contributed by atoms with van der Waals surface area (Å²) in [6.45, 7) is 1.81. The first kappa shape index (κ1) is 12.1. The van der Waals surface area contributed by atoms with Crippen LogP contribution < -0.4 is 11.1 Å². The monoisotopic (exact) mass is 245 g/mol. The van der Waals surface area contributed by atoms with Gasteiger partial charge in [0.15, 0.2) is 0 Å². The number of imidazole rings is 1. The number of anilines is 1. The zero-order valence-electron chi connectivity index (χ0n) is 10.3. The molecule has 0 radical (unpaired) electrons. The van der Waals surface area contributed by atoms with Crippen molar-refractivity contribution in [3.63, 3.8) is 0 Å². The third kappa shape index (κ3) is 2.17. The van der Waals surface area contributed by atoms with E-state index < -0.39 is 0 Å². The molecule has 2 rings (SSSR count). The van der Waals surface area contributed by atoms with Gasteiger partial charge in [0.05, 0.1) is 18.2 Å². The van der Waals surface area contributed by atoms with E-state index in [-0.39, 0.29) is 11.9 Å². The van der Waals surface area contributed by atoms with Crippen molar-refractivity contribution in [3.05, 3.63) is 30.9 Å². The van der Waals surface area contributed by atoms with Gasteiger partial charge < -0.3 is 15.6 Å². The van der Waals surface area contributed by atoms with Gasteiger partial charge in [0.2, 0.25) is 5.91 Å². The topological polar surface area (TPSA) is 85.8 Å². The minimum atomic E-state index is -0.329. The van der Waals surface area contributed by atoms with Crippen LogP contribution in [-0.4, -0.2) is 27.5 Å². The molecular formula is C12H15N5O. The number of nitrogens with two attached hydrogens (primary N) is 1. The molecule has 1 amide bonds. The Hall–Kier alpha value is -2.37. The van der Waals surface area contributed by atoms with Crippen LogP contribution in [0.4, 0.5) is 5.82 Å². The second-order valence-corrected chi connectivity index (χ2v) is 3.95. The minimum Gasteiger partial charge on any atom is -0.384 e. The molecule has 1 unspecified atom stereocenters. The molecule has 6 heteroatoms. The highest BCUT2D eigenvalue weighted by molar-refractivity contribution is 5.80. The lowest BCUT2D eigenvalue weighted by molar-refractivity contribution is -0.123. The Morgan fingerprint density at radius 3 is 2.83 bits per heavy atom. The SMILES string of the molecule is CNC(=O)C(C)n1cncc1-c1ccc(N)nc1. The van der Waals surface area contributed by atoms with Crippen LogP contribution in [0.3, 0.4) is 0 Å². The summed E-state index contributed by atoms with van der Waals surface area (Å²) >= 11 is 0. The lowest BCUT2D eigenvalue weighted by Crippen LogP contribution is -2.27. The van der Waals surface area contributed by atoms with E-state index in [1.165, 1.54) is 0 Å². The van der Waals surface area contributed by atoms with Gasteiger partial charge in [-0.25, -0.2) is 9.97 Å². The number of carbonyl (C=O) groups is 1. The lowest BCUT2D eigenvalue weighted by Gasteiger charge is -2.14. The molecule has 1 atom stereocenters. The Morgan fingerprint density at radius 2 is 2.22 bits per heavy atom. The van der Waals surface area contributed by atoms with Crippen LogP contribution in [0.15, 0.2) is 30.9 Å². The van der Waals surface area contributed by atoms with Gasteiger partial charge in [-0.15, -0.1) is 0 Å². The molecule has 2 aromatic heterocycles. The fourth-order valence-corrected chi connectivity index (χ4v) is 1.73. The lowest BCUT2D eigenvalue weighted by atomic mass is 10.2. The van der Waals surface area contributed by atoms with Crippen molar-refractivity contribution in [1.29, 1.82) is 0 Å². The fraction of sp³-hybridized carbons (Fsp3) is 0.250. The second kappa shape index (κ2) is 4.87. The van der Waals surface area contributed by atoms with Crippen molar-refractivity contribution in [2.75, 3.05) is 12.8 Å². The Balaban J connectivity index is 2.38. The highest BCUT2D eigenvalue weighted by atomic mass is 16.2. The number of hydrogen-bond acceptors (Lipinski definition) is 4. The number of amides is 1. The first-order valence-corrected chi connectivity index (χ1v) is 5.59. The van der Waals surface area contributed by atoms with E-state index in [0.29, 0.717) is 5.82 Å². The van der Waals surface area contributed by atoms with Gasteiger partial charge in [0.25, 0.3) is 0 Å². The molecule has 6 nitrogen and oxygen atoms in total. The van der Waals surface area contributed by atoms with Crippen LogP contribution >= 0.6 is 0 Å². The van der Waals surface area contributed by atoms with E-state index in [1.54, 1.807) is 36.4 Å². The van der Waals surface area contributed by atoms with Crippen LogP contribution in [0.1, 0.15) is 13.0 Å². The Morgan fingerprint density at radius 1 is 1.44 bits per heavy atom. The highest BCUT2D eigenvalue weighted by Crippen LogP contribution is 2.22. The second-order valence-electron chi connectivity index (χ2n) is 3.95. The average Bonchev–Trinajstić information content (AvgIpc) is 2.87. The summed E-state index contributed by atoms with van der Waals surface area (Å²) in [5.74, 6) is 0.391. The van der Waals surface area contributed by atoms with E-state index in [9.17, 15) is 4.79 Å². The molecule has 0 aliphatic rings. The summed E-state index contributed by atoms with van der Waals surface area (Å²) in [5, 5.41) is 2.62. The van der Waals surface area contributed by atoms with E-state index in [1.807, 2.05) is 13.0 Å². The number of likely N-dealkylation sites (N-methyl/N-ethyl adjacent to an activating group) is 1. The van der Waals surface area contributed by atoms with Crippen LogP contribution in [0, 0.1) is 0 Å². The molecular weight excluding hydrogens is 230 g/mol. The van der Waals surface area contributed by atoms with Crippen LogP contribution in [0.2, 0.25) is 0 Å². The highest BCUT2D eigenvalue weighted by Gasteiger charge is 2.16. The van der Waals surface area contributed by atoms with Gasteiger partial charge in [-0.1, -0.05) is 0 Å². The largest absolute Gasteiger partial charge is 0.384 e. The molecule has 0 aliphatic carbocycles. The molecule has 94 valence electrons. The molecule has 3 N–H and O–H groups in total. The van der Waals surface area contributed by atoms with Gasteiger partial charge in [0.1, 0.15) is 11.9 Å². The fourth-order valence-electron chi connectivity index (χ4n) is 1.73. The van der Waals surface area contributed by atoms with Gasteiger partial charge >= 0.3 is 0 Å². The molecule has 2 aromatic rings. The van der Waals surface area contributed by atoms with Gasteiger partial charge in [0, 0.05) is 18.8 Å². The summed E-state index contributed by atoms with van der Waals surface area (Å²) in [5.41, 5.74) is 7.25. The van der Waals surface area contributed by atoms with E-state index in [0.717, 1.165) is 11.3 Å². The quantitative estimate of drug-likeness (QED) is 0.838. The summed E-state index contributed by atoms with van der Waals surface area (Å²) in [6, 6.07) is 3.24. The summed E-state index contributed by atoms with van der Waals surface area (Å²) in [7, 11) is 1.61. The maximum absolute atomic E-state index is 11.7. The van der Waals surface area contributed by atoms with Crippen molar-refractivity contribution < 1.29 is 4.79 Å². The predicted octanol–water partition coefficient (Wildman–Crippen LogP) is 0.834. The molecule has 18 heavy (non-hydrogen) atoms. The standard InChI is InChI=1S/C12H15N5O/c1-8(12(18)14-2)17-7-15-6-10(17)9-3-4-11(13)16-5-9/h3-8H,1-2H3,(H2,13,16)(H,14,18). The maximum Gasteiger partial charge on any atom is 0.242 e. The van der Waals surface area contributed by atoms with Crippen LogP contribution in [0.5, 0.6) is 0 Å². The summed E-state index contributed by atoms with van der Waals surface area (Å²) in [4.78, 5) is 19.8. The average molecular weight is 245 g/mol. The van der Waals surface area contributed by atoms with Crippen molar-refractivity contribution >= 4 is 11.7 Å². The Labute approximate surface area is 105 Å².